The van der Waals surface area contributed by atoms with Gasteiger partial charge in [0.05, 0.1) is 6.61 Å². The van der Waals surface area contributed by atoms with Crippen molar-refractivity contribution in [1.82, 2.24) is 15.8 Å². The molecule has 154 valence electrons. The molecule has 2 heterocycles. The molecule has 0 spiro atoms. The Morgan fingerprint density at radius 1 is 1.20 bits per heavy atom. The lowest BCUT2D eigenvalue weighted by atomic mass is 9.92. The first-order chi connectivity index (χ1) is 14.4. The normalized spacial score (nSPS) is 18.7. The Balaban J connectivity index is 1.66. The van der Waals surface area contributed by atoms with Gasteiger partial charge in [-0.15, -0.1) is 11.3 Å². The molecule has 2 N–H and O–H groups in total. The molecule has 1 aromatic heterocycles. The zero-order valence-electron chi connectivity index (χ0n) is 16.2. The lowest BCUT2D eigenvalue weighted by molar-refractivity contribution is -0.132. The standard InChI is InChI=1S/C21H18FN3O4S/c1-21(12-7-4-3-5-8-12)19(27)25(20(28)23-21)24-18(26)17-13(11-29-2)16-14(22)9-6-10-15(16)30-17/h3-10H,11H2,1-2H3,(H,23,28)(H,24,26). The molecule has 1 saturated heterocycles. The number of hydrogen-bond acceptors (Lipinski definition) is 5. The van der Waals surface area contributed by atoms with Crippen LogP contribution >= 0.6 is 11.3 Å². The van der Waals surface area contributed by atoms with Gasteiger partial charge in [0.2, 0.25) is 0 Å². The Labute approximate surface area is 175 Å². The van der Waals surface area contributed by atoms with Gasteiger partial charge in [0, 0.05) is 22.8 Å². The van der Waals surface area contributed by atoms with Gasteiger partial charge in [-0.1, -0.05) is 36.4 Å². The second kappa shape index (κ2) is 7.51. The fourth-order valence-corrected chi connectivity index (χ4v) is 4.60. The van der Waals surface area contributed by atoms with Crippen LogP contribution in [0.15, 0.2) is 48.5 Å². The number of hydrazine groups is 1. The van der Waals surface area contributed by atoms with Crippen LogP contribution in [0.5, 0.6) is 0 Å². The van der Waals surface area contributed by atoms with Gasteiger partial charge in [-0.3, -0.25) is 15.0 Å². The van der Waals surface area contributed by atoms with E-state index >= 15 is 0 Å². The summed E-state index contributed by atoms with van der Waals surface area (Å²) in [6.07, 6.45) is 0. The van der Waals surface area contributed by atoms with E-state index in [1.165, 1.54) is 13.2 Å². The van der Waals surface area contributed by atoms with Crippen molar-refractivity contribution in [2.45, 2.75) is 19.1 Å². The van der Waals surface area contributed by atoms with E-state index in [-0.39, 0.29) is 11.5 Å². The lowest BCUT2D eigenvalue weighted by Gasteiger charge is -2.22. The number of carbonyl (C=O) groups excluding carboxylic acids is 3. The van der Waals surface area contributed by atoms with Crippen LogP contribution in [0.3, 0.4) is 0 Å². The lowest BCUT2D eigenvalue weighted by Crippen LogP contribution is -2.47. The Hall–Kier alpha value is -3.30. The maximum Gasteiger partial charge on any atom is 0.344 e. The molecule has 4 amide bonds. The number of amides is 4. The minimum absolute atomic E-state index is 0.00552. The van der Waals surface area contributed by atoms with Crippen molar-refractivity contribution in [2.24, 2.45) is 0 Å². The van der Waals surface area contributed by atoms with Crippen molar-refractivity contribution >= 4 is 39.3 Å². The Kier molecular flexibility index (Phi) is 5.00. The predicted octanol–water partition coefficient (Wildman–Crippen LogP) is 3.30. The van der Waals surface area contributed by atoms with E-state index in [1.807, 2.05) is 0 Å². The molecule has 0 radical (unpaired) electrons. The highest BCUT2D eigenvalue weighted by atomic mass is 32.1. The zero-order chi connectivity index (χ0) is 21.5. The van der Waals surface area contributed by atoms with Crippen LogP contribution in [0.2, 0.25) is 0 Å². The van der Waals surface area contributed by atoms with E-state index < -0.39 is 29.2 Å². The van der Waals surface area contributed by atoms with Crippen LogP contribution in [0, 0.1) is 5.82 Å². The minimum Gasteiger partial charge on any atom is -0.380 e. The molecule has 9 heteroatoms. The third kappa shape index (κ3) is 3.12. The van der Waals surface area contributed by atoms with Gasteiger partial charge >= 0.3 is 6.03 Å². The number of thiophene rings is 1. The zero-order valence-corrected chi connectivity index (χ0v) is 17.0. The maximum absolute atomic E-state index is 14.4. The number of ether oxygens (including phenoxy) is 1. The van der Waals surface area contributed by atoms with Crippen LogP contribution in [-0.2, 0) is 21.7 Å². The molecule has 0 bridgehead atoms. The van der Waals surface area contributed by atoms with E-state index in [0.717, 1.165) is 11.3 Å². The highest BCUT2D eigenvalue weighted by Gasteiger charge is 2.50. The van der Waals surface area contributed by atoms with Crippen LogP contribution in [0.4, 0.5) is 9.18 Å². The number of fused-ring (bicyclic) bond motifs is 1. The summed E-state index contributed by atoms with van der Waals surface area (Å²) in [5.74, 6) is -1.78. The summed E-state index contributed by atoms with van der Waals surface area (Å²) in [4.78, 5) is 38.6. The molecule has 0 aliphatic carbocycles. The smallest absolute Gasteiger partial charge is 0.344 e. The minimum atomic E-state index is -1.31. The van der Waals surface area contributed by atoms with Gasteiger partial charge in [0.15, 0.2) is 0 Å². The van der Waals surface area contributed by atoms with Gasteiger partial charge in [0.1, 0.15) is 16.2 Å². The van der Waals surface area contributed by atoms with E-state index in [1.54, 1.807) is 49.4 Å². The number of urea groups is 1. The molecule has 1 unspecified atom stereocenters. The quantitative estimate of drug-likeness (QED) is 0.612. The monoisotopic (exact) mass is 427 g/mol. The molecule has 4 rings (SSSR count). The summed E-state index contributed by atoms with van der Waals surface area (Å²) < 4.78 is 20.1. The first-order valence-electron chi connectivity index (χ1n) is 9.09. The second-order valence-corrected chi connectivity index (χ2v) is 8.01. The van der Waals surface area contributed by atoms with Crippen LogP contribution in [0.25, 0.3) is 10.1 Å². The second-order valence-electron chi connectivity index (χ2n) is 6.96. The first kappa shape index (κ1) is 20.0. The van der Waals surface area contributed by atoms with E-state index in [0.29, 0.717) is 26.2 Å². The highest BCUT2D eigenvalue weighted by Crippen LogP contribution is 2.34. The maximum atomic E-state index is 14.4. The fraction of sp³-hybridized carbons (Fsp3) is 0.190. The summed E-state index contributed by atoms with van der Waals surface area (Å²) in [6, 6.07) is 12.5. The van der Waals surface area contributed by atoms with Crippen LogP contribution in [0.1, 0.15) is 27.7 Å². The van der Waals surface area contributed by atoms with Crippen LogP contribution in [-0.4, -0.2) is 30.0 Å². The van der Waals surface area contributed by atoms with Crippen molar-refractivity contribution in [3.05, 3.63) is 70.4 Å². The summed E-state index contributed by atoms with van der Waals surface area (Å²) in [7, 11) is 1.44. The molecule has 30 heavy (non-hydrogen) atoms. The van der Waals surface area contributed by atoms with E-state index in [2.05, 4.69) is 10.7 Å². The third-order valence-electron chi connectivity index (χ3n) is 5.01. The third-order valence-corrected chi connectivity index (χ3v) is 6.21. The number of carbonyl (C=O) groups is 3. The molecule has 7 nitrogen and oxygen atoms in total. The summed E-state index contributed by atoms with van der Waals surface area (Å²) >= 11 is 1.07. The number of imide groups is 1. The predicted molar refractivity (Wildman–Crippen MR) is 109 cm³/mol. The number of benzene rings is 2. The molecule has 1 aliphatic heterocycles. The molecule has 3 aromatic rings. The number of nitrogens with zero attached hydrogens (tertiary/aromatic N) is 1. The average molecular weight is 427 g/mol. The Morgan fingerprint density at radius 2 is 1.93 bits per heavy atom. The largest absolute Gasteiger partial charge is 0.380 e. The van der Waals surface area contributed by atoms with E-state index in [9.17, 15) is 18.8 Å². The molecule has 1 aliphatic rings. The van der Waals surface area contributed by atoms with Crippen molar-refractivity contribution in [1.29, 1.82) is 0 Å². The molecule has 0 saturated carbocycles. The summed E-state index contributed by atoms with van der Waals surface area (Å²) in [6.45, 7) is 1.57. The van der Waals surface area contributed by atoms with Gasteiger partial charge < -0.3 is 10.1 Å². The topological polar surface area (TPSA) is 87.7 Å². The molecule has 1 atom stereocenters. The number of halogens is 1. The van der Waals surface area contributed by atoms with Gasteiger partial charge in [-0.05, 0) is 24.6 Å². The van der Waals surface area contributed by atoms with Gasteiger partial charge in [0.25, 0.3) is 11.8 Å². The summed E-state index contributed by atoms with van der Waals surface area (Å²) in [5, 5.41) is 3.57. The average Bonchev–Trinajstić information content (AvgIpc) is 3.21. The molecular weight excluding hydrogens is 409 g/mol. The van der Waals surface area contributed by atoms with Gasteiger partial charge in [-0.2, -0.15) is 5.01 Å². The Bertz CT molecular complexity index is 1160. The summed E-state index contributed by atoms with van der Waals surface area (Å²) in [5.41, 5.74) is 2.01. The molecule has 1 fully saturated rings. The highest BCUT2D eigenvalue weighted by molar-refractivity contribution is 7.21. The number of nitrogens with one attached hydrogen (secondary N) is 2. The molecular formula is C21H18FN3O4S. The van der Waals surface area contributed by atoms with E-state index in [4.69, 9.17) is 4.74 Å². The van der Waals surface area contributed by atoms with Crippen LogP contribution < -0.4 is 10.7 Å². The number of methoxy groups -OCH3 is 1. The van der Waals surface area contributed by atoms with Crippen molar-refractivity contribution in [2.75, 3.05) is 7.11 Å². The van der Waals surface area contributed by atoms with Crippen molar-refractivity contribution < 1.29 is 23.5 Å². The van der Waals surface area contributed by atoms with Crippen molar-refractivity contribution in [3.8, 4) is 0 Å². The van der Waals surface area contributed by atoms with Gasteiger partial charge in [-0.25, -0.2) is 9.18 Å². The fourth-order valence-electron chi connectivity index (χ4n) is 3.49. The van der Waals surface area contributed by atoms with Crippen molar-refractivity contribution in [3.63, 3.8) is 0 Å². The number of hydrogen-bond donors (Lipinski definition) is 2. The molecule has 2 aromatic carbocycles. The SMILES string of the molecule is COCc1c(C(=O)NN2C(=O)NC(C)(c3ccccc3)C2=O)sc2cccc(F)c12. The Morgan fingerprint density at radius 3 is 2.63 bits per heavy atom. The first-order valence-corrected chi connectivity index (χ1v) is 9.90. The number of rotatable bonds is 5.